The first kappa shape index (κ1) is 12.9. The standard InChI is InChI=1S/C14H26N2O/c1-14(2,3)16-13(17)12-8-10-6-4-5-7-11(10)9-15-12/h10-12,15H,4-9H2,1-3H3,(H,16,17)/t10?,11-,12+/m1/s1. The van der Waals surface area contributed by atoms with Crippen LogP contribution in [0.2, 0.25) is 0 Å². The molecule has 0 aromatic rings. The van der Waals surface area contributed by atoms with Crippen LogP contribution in [0.4, 0.5) is 0 Å². The predicted molar refractivity (Wildman–Crippen MR) is 69.8 cm³/mol. The molecule has 1 aliphatic heterocycles. The summed E-state index contributed by atoms with van der Waals surface area (Å²) >= 11 is 0. The molecule has 3 atom stereocenters. The summed E-state index contributed by atoms with van der Waals surface area (Å²) in [5.74, 6) is 1.78. The number of amides is 1. The molecule has 1 amide bonds. The van der Waals surface area contributed by atoms with Crippen molar-refractivity contribution in [2.45, 2.75) is 64.5 Å². The third-order valence-corrected chi connectivity index (χ3v) is 4.05. The lowest BCUT2D eigenvalue weighted by molar-refractivity contribution is -0.126. The zero-order valence-electron chi connectivity index (χ0n) is 11.4. The lowest BCUT2D eigenvalue weighted by atomic mass is 9.73. The Morgan fingerprint density at radius 3 is 2.47 bits per heavy atom. The Hall–Kier alpha value is -0.570. The molecule has 1 heterocycles. The van der Waals surface area contributed by atoms with E-state index in [-0.39, 0.29) is 17.5 Å². The number of carbonyl (C=O) groups is 1. The quantitative estimate of drug-likeness (QED) is 0.734. The van der Waals surface area contributed by atoms with Crippen LogP contribution in [0, 0.1) is 11.8 Å². The van der Waals surface area contributed by atoms with Crippen LogP contribution in [0.3, 0.4) is 0 Å². The van der Waals surface area contributed by atoms with Gasteiger partial charge in [0.1, 0.15) is 0 Å². The SMILES string of the molecule is CC(C)(C)NC(=O)[C@@H]1CC2CCCC[C@@H]2CN1. The highest BCUT2D eigenvalue weighted by molar-refractivity contribution is 5.82. The minimum Gasteiger partial charge on any atom is -0.350 e. The normalized spacial score (nSPS) is 33.9. The van der Waals surface area contributed by atoms with Gasteiger partial charge in [0.05, 0.1) is 6.04 Å². The van der Waals surface area contributed by atoms with Crippen molar-refractivity contribution in [1.29, 1.82) is 0 Å². The van der Waals surface area contributed by atoms with E-state index in [0.29, 0.717) is 0 Å². The maximum absolute atomic E-state index is 12.1. The van der Waals surface area contributed by atoms with Gasteiger partial charge in [-0.15, -0.1) is 0 Å². The molecular formula is C14H26N2O. The maximum Gasteiger partial charge on any atom is 0.237 e. The molecule has 0 spiro atoms. The maximum atomic E-state index is 12.1. The van der Waals surface area contributed by atoms with E-state index in [1.54, 1.807) is 0 Å². The number of fused-ring (bicyclic) bond motifs is 1. The fourth-order valence-corrected chi connectivity index (χ4v) is 3.20. The highest BCUT2D eigenvalue weighted by Crippen LogP contribution is 2.35. The molecule has 0 aromatic heterocycles. The molecule has 2 N–H and O–H groups in total. The van der Waals surface area contributed by atoms with Crippen LogP contribution in [0.1, 0.15) is 52.9 Å². The molecule has 1 aliphatic carbocycles. The third kappa shape index (κ3) is 3.44. The summed E-state index contributed by atoms with van der Waals surface area (Å²) in [6.45, 7) is 7.15. The van der Waals surface area contributed by atoms with Crippen LogP contribution in [-0.2, 0) is 4.79 Å². The second-order valence-electron chi connectivity index (χ2n) is 6.74. The monoisotopic (exact) mass is 238 g/mol. The van der Waals surface area contributed by atoms with E-state index < -0.39 is 0 Å². The Bertz CT molecular complexity index is 282. The van der Waals surface area contributed by atoms with E-state index in [9.17, 15) is 4.79 Å². The molecule has 1 saturated carbocycles. The Labute approximate surface area is 105 Å². The minimum atomic E-state index is -0.123. The van der Waals surface area contributed by atoms with Crippen molar-refractivity contribution in [3.05, 3.63) is 0 Å². The Balaban J connectivity index is 1.89. The van der Waals surface area contributed by atoms with Gasteiger partial charge in [0, 0.05) is 5.54 Å². The van der Waals surface area contributed by atoms with Gasteiger partial charge in [0.2, 0.25) is 5.91 Å². The van der Waals surface area contributed by atoms with Gasteiger partial charge in [-0.25, -0.2) is 0 Å². The number of hydrogen-bond donors (Lipinski definition) is 2. The highest BCUT2D eigenvalue weighted by Gasteiger charge is 2.35. The van der Waals surface area contributed by atoms with Crippen LogP contribution in [0.5, 0.6) is 0 Å². The van der Waals surface area contributed by atoms with E-state index in [1.807, 2.05) is 20.8 Å². The number of hydrogen-bond acceptors (Lipinski definition) is 2. The molecule has 2 fully saturated rings. The average Bonchev–Trinajstić information content (AvgIpc) is 2.26. The first-order valence-electron chi connectivity index (χ1n) is 7.01. The number of nitrogens with one attached hydrogen (secondary N) is 2. The second kappa shape index (κ2) is 4.97. The van der Waals surface area contributed by atoms with Crippen LogP contribution in [0.25, 0.3) is 0 Å². The molecule has 2 rings (SSSR count). The van der Waals surface area contributed by atoms with Gasteiger partial charge in [0.15, 0.2) is 0 Å². The molecule has 1 unspecified atom stereocenters. The highest BCUT2D eigenvalue weighted by atomic mass is 16.2. The Morgan fingerprint density at radius 1 is 1.18 bits per heavy atom. The molecule has 3 heteroatoms. The molecule has 0 radical (unpaired) electrons. The van der Waals surface area contributed by atoms with E-state index >= 15 is 0 Å². The first-order valence-corrected chi connectivity index (χ1v) is 7.01. The fraction of sp³-hybridized carbons (Fsp3) is 0.929. The molecule has 2 aliphatic rings. The molecule has 1 saturated heterocycles. The van der Waals surface area contributed by atoms with Crippen LogP contribution >= 0.6 is 0 Å². The minimum absolute atomic E-state index is 0.0357. The summed E-state index contributed by atoms with van der Waals surface area (Å²) in [4.78, 5) is 12.1. The molecular weight excluding hydrogens is 212 g/mol. The second-order valence-corrected chi connectivity index (χ2v) is 6.74. The van der Waals surface area contributed by atoms with Gasteiger partial charge in [0.25, 0.3) is 0 Å². The number of carbonyl (C=O) groups excluding carboxylic acids is 1. The number of piperidine rings is 1. The number of rotatable bonds is 1. The lowest BCUT2D eigenvalue weighted by Crippen LogP contribution is -2.55. The van der Waals surface area contributed by atoms with Gasteiger partial charge in [-0.1, -0.05) is 19.3 Å². The smallest absolute Gasteiger partial charge is 0.237 e. The zero-order chi connectivity index (χ0) is 12.5. The van der Waals surface area contributed by atoms with Gasteiger partial charge in [-0.2, -0.15) is 0 Å². The van der Waals surface area contributed by atoms with Crippen LogP contribution in [0.15, 0.2) is 0 Å². The molecule has 0 aromatic carbocycles. The Kier molecular flexibility index (Phi) is 3.76. The summed E-state index contributed by atoms with van der Waals surface area (Å²) in [5.41, 5.74) is -0.123. The summed E-state index contributed by atoms with van der Waals surface area (Å²) in [5, 5.41) is 6.51. The van der Waals surface area contributed by atoms with Crippen molar-refractivity contribution in [2.24, 2.45) is 11.8 Å². The van der Waals surface area contributed by atoms with E-state index in [1.165, 1.54) is 25.7 Å². The third-order valence-electron chi connectivity index (χ3n) is 4.05. The van der Waals surface area contributed by atoms with Crippen molar-refractivity contribution in [1.82, 2.24) is 10.6 Å². The average molecular weight is 238 g/mol. The molecule has 0 bridgehead atoms. The summed E-state index contributed by atoms with van der Waals surface area (Å²) < 4.78 is 0. The topological polar surface area (TPSA) is 41.1 Å². The van der Waals surface area contributed by atoms with Crippen molar-refractivity contribution >= 4 is 5.91 Å². The lowest BCUT2D eigenvalue weighted by Gasteiger charge is -2.40. The van der Waals surface area contributed by atoms with Crippen molar-refractivity contribution in [2.75, 3.05) is 6.54 Å². The van der Waals surface area contributed by atoms with Crippen LogP contribution in [-0.4, -0.2) is 24.0 Å². The largest absolute Gasteiger partial charge is 0.350 e. The van der Waals surface area contributed by atoms with Crippen molar-refractivity contribution in [3.8, 4) is 0 Å². The predicted octanol–water partition coefficient (Wildman–Crippen LogP) is 2.07. The molecule has 3 nitrogen and oxygen atoms in total. The van der Waals surface area contributed by atoms with Crippen molar-refractivity contribution in [3.63, 3.8) is 0 Å². The molecule has 17 heavy (non-hydrogen) atoms. The van der Waals surface area contributed by atoms with E-state index in [2.05, 4.69) is 10.6 Å². The zero-order valence-corrected chi connectivity index (χ0v) is 11.4. The van der Waals surface area contributed by atoms with E-state index in [4.69, 9.17) is 0 Å². The van der Waals surface area contributed by atoms with Gasteiger partial charge in [-0.05, 0) is 52.0 Å². The van der Waals surface area contributed by atoms with Gasteiger partial charge < -0.3 is 10.6 Å². The summed E-state index contributed by atoms with van der Waals surface area (Å²) in [6.07, 6.45) is 6.44. The summed E-state index contributed by atoms with van der Waals surface area (Å²) in [6, 6.07) is 0.0357. The molecule has 98 valence electrons. The first-order chi connectivity index (χ1) is 7.96. The van der Waals surface area contributed by atoms with E-state index in [0.717, 1.165) is 24.8 Å². The Morgan fingerprint density at radius 2 is 1.82 bits per heavy atom. The van der Waals surface area contributed by atoms with Crippen LogP contribution < -0.4 is 10.6 Å². The van der Waals surface area contributed by atoms with Gasteiger partial charge >= 0.3 is 0 Å². The fourth-order valence-electron chi connectivity index (χ4n) is 3.20. The summed E-state index contributed by atoms with van der Waals surface area (Å²) in [7, 11) is 0. The van der Waals surface area contributed by atoms with Crippen molar-refractivity contribution < 1.29 is 4.79 Å². The van der Waals surface area contributed by atoms with Gasteiger partial charge in [-0.3, -0.25) is 4.79 Å².